The smallest absolute Gasteiger partial charge is 0.380 e. The summed E-state index contributed by atoms with van der Waals surface area (Å²) in [4.78, 5) is 0. The monoisotopic (exact) mass is 480 g/mol. The third-order valence-corrected chi connectivity index (χ3v) is 3.76. The maximum Gasteiger partial charge on any atom is 0.456 e. The Hall–Kier alpha value is -1.27. The van der Waals surface area contributed by atoms with Gasteiger partial charge in [0.05, 0.1) is 0 Å². The van der Waals surface area contributed by atoms with Crippen LogP contribution in [-0.4, -0.2) is 63.6 Å². The highest BCUT2D eigenvalue weighted by molar-refractivity contribution is 5.27. The summed E-state index contributed by atoms with van der Waals surface area (Å²) in [7, 11) is 0. The highest BCUT2D eigenvalue weighted by Crippen LogP contribution is 2.66. The van der Waals surface area contributed by atoms with Gasteiger partial charge in [0.15, 0.2) is 5.60 Å². The van der Waals surface area contributed by atoms with Crippen LogP contribution < -0.4 is 0 Å². The summed E-state index contributed by atoms with van der Waals surface area (Å²) in [5, 5.41) is 17.9. The molecule has 19 heteroatoms. The number of halogens is 17. The van der Waals surface area contributed by atoms with Gasteiger partial charge in [-0.25, -0.2) is 4.39 Å². The average Bonchev–Trinajstić information content (AvgIpc) is 2.39. The minimum atomic E-state index is -8.57. The van der Waals surface area contributed by atoms with Gasteiger partial charge in [0, 0.05) is 0 Å². The van der Waals surface area contributed by atoms with Crippen molar-refractivity contribution in [1.82, 2.24) is 0 Å². The molecular formula is C10H5F17O2. The lowest BCUT2D eigenvalue weighted by molar-refractivity contribution is -0.491. The molecule has 0 bridgehead atoms. The molecule has 0 saturated carbocycles. The van der Waals surface area contributed by atoms with Crippen LogP contribution in [0.3, 0.4) is 0 Å². The van der Waals surface area contributed by atoms with Crippen molar-refractivity contribution in [3.8, 4) is 0 Å². The van der Waals surface area contributed by atoms with Crippen molar-refractivity contribution in [1.29, 1.82) is 0 Å². The van der Waals surface area contributed by atoms with Gasteiger partial charge < -0.3 is 10.2 Å². The van der Waals surface area contributed by atoms with E-state index in [2.05, 4.69) is 0 Å². The third-order valence-electron chi connectivity index (χ3n) is 3.76. The molecule has 2 unspecified atom stereocenters. The van der Waals surface area contributed by atoms with Gasteiger partial charge in [-0.1, -0.05) is 0 Å². The van der Waals surface area contributed by atoms with Crippen LogP contribution in [-0.2, 0) is 0 Å². The van der Waals surface area contributed by atoms with E-state index < -0.39 is 60.3 Å². The molecule has 2 nitrogen and oxygen atoms in total. The summed E-state index contributed by atoms with van der Waals surface area (Å²) < 4.78 is 217. The molecule has 0 saturated heterocycles. The first-order chi connectivity index (χ1) is 12.0. The van der Waals surface area contributed by atoms with Crippen LogP contribution in [0, 0.1) is 0 Å². The Bertz CT molecular complexity index is 592. The molecular weight excluding hydrogens is 475 g/mol. The lowest BCUT2D eigenvalue weighted by atomic mass is 9.64. The van der Waals surface area contributed by atoms with Crippen molar-refractivity contribution < 1.29 is 84.9 Å². The van der Waals surface area contributed by atoms with E-state index in [1.54, 1.807) is 0 Å². The Kier molecular flexibility index (Phi) is 6.09. The summed E-state index contributed by atoms with van der Waals surface area (Å²) in [5.41, 5.74) is -23.9. The molecule has 0 amide bonds. The molecule has 2 N–H and O–H groups in total. The van der Waals surface area contributed by atoms with Crippen molar-refractivity contribution in [2.45, 2.75) is 60.3 Å². The Morgan fingerprint density at radius 3 is 0.828 bits per heavy atom. The standard InChI is InChI=1S/C10H5F17O2/c1-2(28,5(12,13)9(22,23)24)4(29,6(14,15)10(25,26)27)3(11,7(16,17)18)8(19,20)21/h28-29H,1H3. The quantitative estimate of drug-likeness (QED) is 0.574. The van der Waals surface area contributed by atoms with Crippen molar-refractivity contribution in [2.24, 2.45) is 0 Å². The van der Waals surface area contributed by atoms with Crippen molar-refractivity contribution in [2.75, 3.05) is 0 Å². The maximum atomic E-state index is 14.0. The fraction of sp³-hybridized carbons (Fsp3) is 1.00. The molecule has 0 aromatic rings. The lowest BCUT2D eigenvalue weighted by Gasteiger charge is -2.54. The molecule has 0 fully saturated rings. The van der Waals surface area contributed by atoms with Gasteiger partial charge in [-0.3, -0.25) is 0 Å². The van der Waals surface area contributed by atoms with Crippen LogP contribution >= 0.6 is 0 Å². The molecule has 29 heavy (non-hydrogen) atoms. The Morgan fingerprint density at radius 1 is 0.414 bits per heavy atom. The Balaban J connectivity index is 7.85. The van der Waals surface area contributed by atoms with Gasteiger partial charge in [-0.2, -0.15) is 70.2 Å². The molecule has 176 valence electrons. The van der Waals surface area contributed by atoms with Crippen molar-refractivity contribution in [3.63, 3.8) is 0 Å². The second-order valence-electron chi connectivity index (χ2n) is 5.58. The van der Waals surface area contributed by atoms with Crippen LogP contribution in [0.1, 0.15) is 6.92 Å². The van der Waals surface area contributed by atoms with Gasteiger partial charge in [0.1, 0.15) is 0 Å². The number of aliphatic hydroxyl groups is 2. The van der Waals surface area contributed by atoms with Gasteiger partial charge in [0.2, 0.25) is 5.60 Å². The molecule has 0 aliphatic carbocycles. The summed E-state index contributed by atoms with van der Waals surface area (Å²) in [6.07, 6.45) is -32.1. The van der Waals surface area contributed by atoms with Crippen LogP contribution in [0.25, 0.3) is 0 Å². The van der Waals surface area contributed by atoms with E-state index in [9.17, 15) is 74.6 Å². The van der Waals surface area contributed by atoms with Gasteiger partial charge in [0.25, 0.3) is 0 Å². The van der Waals surface area contributed by atoms with E-state index in [1.807, 2.05) is 0 Å². The predicted octanol–water partition coefficient (Wildman–Crippen LogP) is 4.70. The zero-order valence-corrected chi connectivity index (χ0v) is 12.8. The molecule has 2 atom stereocenters. The molecule has 0 spiro atoms. The predicted molar refractivity (Wildman–Crippen MR) is 53.5 cm³/mol. The van der Waals surface area contributed by atoms with Crippen LogP contribution in [0.5, 0.6) is 0 Å². The minimum absolute atomic E-state index is 1.80. The van der Waals surface area contributed by atoms with E-state index in [4.69, 9.17) is 10.2 Å². The number of hydrogen-bond acceptors (Lipinski definition) is 2. The van der Waals surface area contributed by atoms with Crippen molar-refractivity contribution in [3.05, 3.63) is 0 Å². The molecule has 0 heterocycles. The molecule has 0 radical (unpaired) electrons. The minimum Gasteiger partial charge on any atom is -0.380 e. The first-order valence-electron chi connectivity index (χ1n) is 6.16. The topological polar surface area (TPSA) is 40.5 Å². The van der Waals surface area contributed by atoms with Crippen LogP contribution in [0.15, 0.2) is 0 Å². The second kappa shape index (κ2) is 6.36. The van der Waals surface area contributed by atoms with E-state index in [0.29, 0.717) is 0 Å². The average molecular weight is 480 g/mol. The Labute approximate surface area is 146 Å². The molecule has 0 aliphatic rings. The summed E-state index contributed by atoms with van der Waals surface area (Å²) in [6, 6.07) is 0. The zero-order chi connectivity index (χ0) is 24.5. The molecule has 0 rings (SSSR count). The highest BCUT2D eigenvalue weighted by atomic mass is 19.4. The lowest BCUT2D eigenvalue weighted by Crippen LogP contribution is -2.87. The first kappa shape index (κ1) is 27.7. The van der Waals surface area contributed by atoms with E-state index >= 15 is 0 Å². The summed E-state index contributed by atoms with van der Waals surface area (Å²) in [5.74, 6) is -16.2. The van der Waals surface area contributed by atoms with Crippen LogP contribution in [0.2, 0.25) is 0 Å². The van der Waals surface area contributed by atoms with Gasteiger partial charge >= 0.3 is 42.2 Å². The summed E-state index contributed by atoms with van der Waals surface area (Å²) in [6.45, 7) is -1.80. The highest BCUT2D eigenvalue weighted by Gasteiger charge is 2.98. The fourth-order valence-electron chi connectivity index (χ4n) is 2.14. The maximum absolute atomic E-state index is 14.0. The zero-order valence-electron chi connectivity index (χ0n) is 12.8. The van der Waals surface area contributed by atoms with Gasteiger partial charge in [-0.15, -0.1) is 0 Å². The second-order valence-corrected chi connectivity index (χ2v) is 5.58. The molecule has 0 aliphatic heterocycles. The Morgan fingerprint density at radius 2 is 0.655 bits per heavy atom. The number of rotatable bonds is 4. The third kappa shape index (κ3) is 3.27. The van der Waals surface area contributed by atoms with E-state index in [-0.39, 0.29) is 0 Å². The first-order valence-corrected chi connectivity index (χ1v) is 6.16. The van der Waals surface area contributed by atoms with E-state index in [1.165, 1.54) is 0 Å². The number of hydrogen-bond donors (Lipinski definition) is 2. The number of alkyl halides is 17. The SMILES string of the molecule is CC(O)(C(F)(F)C(F)(F)F)C(O)(C(F)(F)C(F)(F)F)C(F)(C(F)(F)F)C(F)(F)F. The molecule has 0 aromatic carbocycles. The summed E-state index contributed by atoms with van der Waals surface area (Å²) >= 11 is 0. The fourth-order valence-corrected chi connectivity index (χ4v) is 2.14. The van der Waals surface area contributed by atoms with Crippen molar-refractivity contribution >= 4 is 0 Å². The van der Waals surface area contributed by atoms with Gasteiger partial charge in [-0.05, 0) is 6.92 Å². The largest absolute Gasteiger partial charge is 0.456 e. The van der Waals surface area contributed by atoms with Crippen LogP contribution in [0.4, 0.5) is 74.6 Å². The van der Waals surface area contributed by atoms with E-state index in [0.717, 1.165) is 0 Å². The normalized spacial score (nSPS) is 20.3. The molecule has 0 aromatic heterocycles.